The number of carbonyl (C=O) groups excluding carboxylic acids is 2. The lowest BCUT2D eigenvalue weighted by Crippen LogP contribution is -2.30. The van der Waals surface area contributed by atoms with E-state index in [0.29, 0.717) is 28.9 Å². The normalized spacial score (nSPS) is 15.8. The molecule has 1 fully saturated rings. The van der Waals surface area contributed by atoms with Gasteiger partial charge in [0.25, 0.3) is 0 Å². The average Bonchev–Trinajstić information content (AvgIpc) is 3.21. The minimum Gasteiger partial charge on any atom is -0.489 e. The number of carbonyl (C=O) groups is 2. The van der Waals surface area contributed by atoms with Crippen LogP contribution in [0.5, 0.6) is 5.75 Å². The Kier molecular flexibility index (Phi) is 7.27. The van der Waals surface area contributed by atoms with Crippen molar-refractivity contribution in [3.63, 3.8) is 0 Å². The Balaban J connectivity index is 1.31. The van der Waals surface area contributed by atoms with E-state index in [1.165, 1.54) is 6.21 Å². The summed E-state index contributed by atoms with van der Waals surface area (Å²) in [5, 5.41) is 5.29. The molecule has 1 saturated heterocycles. The maximum Gasteiger partial charge on any atom is 0.245 e. The second-order valence-corrected chi connectivity index (χ2v) is 8.41. The minimum absolute atomic E-state index is 0.107. The molecule has 0 aromatic heterocycles. The predicted octanol–water partition coefficient (Wildman–Crippen LogP) is 5.08. The first-order valence-corrected chi connectivity index (χ1v) is 11.1. The maximum absolute atomic E-state index is 12.5. The number of ether oxygens (including phenoxy) is 1. The maximum atomic E-state index is 12.5. The number of hydrogen-bond donors (Lipinski definition) is 1. The fourth-order valence-corrected chi connectivity index (χ4v) is 3.79. The van der Waals surface area contributed by atoms with Gasteiger partial charge in [0, 0.05) is 34.3 Å². The molecule has 1 aliphatic rings. The van der Waals surface area contributed by atoms with E-state index in [2.05, 4.69) is 10.5 Å². The van der Waals surface area contributed by atoms with Crippen molar-refractivity contribution in [3.05, 3.63) is 94.0 Å². The molecule has 8 heteroatoms. The van der Waals surface area contributed by atoms with E-state index in [0.717, 1.165) is 16.8 Å². The number of halogens is 2. The van der Waals surface area contributed by atoms with E-state index in [-0.39, 0.29) is 18.2 Å². The first kappa shape index (κ1) is 22.8. The topological polar surface area (TPSA) is 71.0 Å². The minimum atomic E-state index is -0.476. The van der Waals surface area contributed by atoms with Crippen LogP contribution in [0.2, 0.25) is 10.0 Å². The predicted molar refractivity (Wildman–Crippen MR) is 130 cm³/mol. The quantitative estimate of drug-likeness (QED) is 0.378. The molecule has 4 rings (SSSR count). The van der Waals surface area contributed by atoms with Crippen molar-refractivity contribution in [2.45, 2.75) is 13.0 Å². The van der Waals surface area contributed by atoms with Crippen molar-refractivity contribution in [1.82, 2.24) is 5.43 Å². The Labute approximate surface area is 201 Å². The van der Waals surface area contributed by atoms with E-state index in [1.807, 2.05) is 48.5 Å². The van der Waals surface area contributed by atoms with Crippen LogP contribution in [0.1, 0.15) is 17.5 Å². The molecule has 3 aromatic rings. The number of amides is 2. The Morgan fingerprint density at radius 3 is 2.67 bits per heavy atom. The van der Waals surface area contributed by atoms with Gasteiger partial charge in [0.1, 0.15) is 12.4 Å². The van der Waals surface area contributed by atoms with Gasteiger partial charge in [0.2, 0.25) is 11.8 Å². The molecule has 0 aliphatic carbocycles. The first-order chi connectivity index (χ1) is 16.0. The summed E-state index contributed by atoms with van der Waals surface area (Å²) in [7, 11) is 0. The molecule has 0 saturated carbocycles. The molecule has 6 nitrogen and oxygen atoms in total. The second-order valence-electron chi connectivity index (χ2n) is 7.57. The van der Waals surface area contributed by atoms with Crippen LogP contribution in [-0.2, 0) is 16.2 Å². The monoisotopic (exact) mass is 481 g/mol. The van der Waals surface area contributed by atoms with Gasteiger partial charge in [-0.2, -0.15) is 5.10 Å². The fourth-order valence-electron chi connectivity index (χ4n) is 3.48. The number of anilines is 1. The fraction of sp³-hybridized carbons (Fsp3) is 0.160. The molecule has 1 atom stereocenters. The zero-order valence-corrected chi connectivity index (χ0v) is 19.1. The number of nitrogens with one attached hydrogen (secondary N) is 1. The highest BCUT2D eigenvalue weighted by Crippen LogP contribution is 2.26. The lowest BCUT2D eigenvalue weighted by molar-refractivity contribution is -0.126. The van der Waals surface area contributed by atoms with Gasteiger partial charge in [-0.15, -0.1) is 0 Å². The van der Waals surface area contributed by atoms with Gasteiger partial charge >= 0.3 is 0 Å². The molecule has 0 bridgehead atoms. The third-order valence-electron chi connectivity index (χ3n) is 5.23. The number of rotatable bonds is 7. The largest absolute Gasteiger partial charge is 0.489 e. The molecule has 0 unspecified atom stereocenters. The third-order valence-corrected chi connectivity index (χ3v) is 5.85. The van der Waals surface area contributed by atoms with Crippen molar-refractivity contribution in [2.75, 3.05) is 11.4 Å². The van der Waals surface area contributed by atoms with Crippen molar-refractivity contribution >= 4 is 46.9 Å². The average molecular weight is 482 g/mol. The Hall–Kier alpha value is -3.35. The number of hydrazone groups is 1. The number of hydrogen-bond acceptors (Lipinski definition) is 4. The molecule has 1 N–H and O–H groups in total. The summed E-state index contributed by atoms with van der Waals surface area (Å²) in [5.74, 6) is -0.229. The van der Waals surface area contributed by atoms with Gasteiger partial charge in [-0.3, -0.25) is 9.59 Å². The van der Waals surface area contributed by atoms with E-state index in [4.69, 9.17) is 27.9 Å². The molecule has 1 aliphatic heterocycles. The zero-order valence-electron chi connectivity index (χ0n) is 17.6. The molecule has 2 amide bonds. The highest BCUT2D eigenvalue weighted by Gasteiger charge is 2.35. The van der Waals surface area contributed by atoms with Crippen LogP contribution in [0.3, 0.4) is 0 Å². The summed E-state index contributed by atoms with van der Waals surface area (Å²) in [5.41, 5.74) is 4.91. The van der Waals surface area contributed by atoms with Gasteiger partial charge in [0.15, 0.2) is 0 Å². The molecule has 168 valence electrons. The molecular formula is C25H21Cl2N3O3. The second kappa shape index (κ2) is 10.5. The summed E-state index contributed by atoms with van der Waals surface area (Å²) in [6, 6.07) is 21.8. The van der Waals surface area contributed by atoms with E-state index in [9.17, 15) is 9.59 Å². The van der Waals surface area contributed by atoms with Crippen LogP contribution in [0.25, 0.3) is 0 Å². The highest BCUT2D eigenvalue weighted by molar-refractivity contribution is 6.31. The van der Waals surface area contributed by atoms with Crippen molar-refractivity contribution in [1.29, 1.82) is 0 Å². The summed E-state index contributed by atoms with van der Waals surface area (Å²) in [4.78, 5) is 26.4. The lowest BCUT2D eigenvalue weighted by Gasteiger charge is -2.16. The molecule has 3 aromatic carbocycles. The standard InChI is InChI=1S/C25H21Cl2N3O3/c26-20-8-10-21(11-9-20)30-15-19(13-24(30)31)25(32)29-28-14-17-4-3-6-22(12-17)33-16-18-5-1-2-7-23(18)27/h1-12,14,19H,13,15-16H2,(H,29,32)/b28-14-/t19-/m1/s1. The summed E-state index contributed by atoms with van der Waals surface area (Å²) in [6.07, 6.45) is 1.67. The molecule has 0 radical (unpaired) electrons. The Morgan fingerprint density at radius 2 is 1.88 bits per heavy atom. The highest BCUT2D eigenvalue weighted by atomic mass is 35.5. The lowest BCUT2D eigenvalue weighted by atomic mass is 10.1. The number of benzene rings is 3. The van der Waals surface area contributed by atoms with E-state index in [1.54, 1.807) is 29.2 Å². The molecule has 33 heavy (non-hydrogen) atoms. The first-order valence-electron chi connectivity index (χ1n) is 10.3. The molecule has 1 heterocycles. The Morgan fingerprint density at radius 1 is 1.09 bits per heavy atom. The van der Waals surface area contributed by atoms with Gasteiger partial charge in [-0.25, -0.2) is 5.43 Å². The van der Waals surface area contributed by atoms with Gasteiger partial charge < -0.3 is 9.64 Å². The van der Waals surface area contributed by atoms with Crippen molar-refractivity contribution in [3.8, 4) is 5.75 Å². The smallest absolute Gasteiger partial charge is 0.245 e. The van der Waals surface area contributed by atoms with Crippen LogP contribution in [0.4, 0.5) is 5.69 Å². The van der Waals surface area contributed by atoms with Crippen LogP contribution in [-0.4, -0.2) is 24.6 Å². The van der Waals surface area contributed by atoms with Gasteiger partial charge in [-0.05, 0) is 48.0 Å². The van der Waals surface area contributed by atoms with Crippen LogP contribution in [0, 0.1) is 5.92 Å². The summed E-state index contributed by atoms with van der Waals surface area (Å²) < 4.78 is 5.81. The van der Waals surface area contributed by atoms with Crippen LogP contribution < -0.4 is 15.1 Å². The number of nitrogens with zero attached hydrogens (tertiary/aromatic N) is 2. The van der Waals surface area contributed by atoms with Crippen molar-refractivity contribution in [2.24, 2.45) is 11.0 Å². The van der Waals surface area contributed by atoms with E-state index < -0.39 is 5.92 Å². The zero-order chi connectivity index (χ0) is 23.2. The van der Waals surface area contributed by atoms with Crippen LogP contribution >= 0.6 is 23.2 Å². The SMILES string of the molecule is O=C(N/N=C\c1cccc(OCc2ccccc2Cl)c1)[C@@H]1CC(=O)N(c2ccc(Cl)cc2)C1. The summed E-state index contributed by atoms with van der Waals surface area (Å²) >= 11 is 12.1. The third kappa shape index (κ3) is 5.92. The van der Waals surface area contributed by atoms with Crippen molar-refractivity contribution < 1.29 is 14.3 Å². The van der Waals surface area contributed by atoms with Crippen LogP contribution in [0.15, 0.2) is 77.9 Å². The van der Waals surface area contributed by atoms with Gasteiger partial charge in [0.05, 0.1) is 12.1 Å². The van der Waals surface area contributed by atoms with Gasteiger partial charge in [-0.1, -0.05) is 53.5 Å². The summed E-state index contributed by atoms with van der Waals surface area (Å²) in [6.45, 7) is 0.643. The van der Waals surface area contributed by atoms with E-state index >= 15 is 0 Å². The molecular weight excluding hydrogens is 461 g/mol. The Bertz CT molecular complexity index is 1180. The molecule has 0 spiro atoms.